The van der Waals surface area contributed by atoms with Crippen molar-refractivity contribution in [3.63, 3.8) is 0 Å². The van der Waals surface area contributed by atoms with Gasteiger partial charge in [0.2, 0.25) is 0 Å². The van der Waals surface area contributed by atoms with Crippen molar-refractivity contribution >= 4 is 0 Å². The lowest BCUT2D eigenvalue weighted by molar-refractivity contribution is 0.572. The molecule has 0 amide bonds. The molecule has 0 spiro atoms. The highest BCUT2D eigenvalue weighted by molar-refractivity contribution is 5.26. The Balaban J connectivity index is 3.22. The van der Waals surface area contributed by atoms with E-state index < -0.39 is 5.82 Å². The highest BCUT2D eigenvalue weighted by Gasteiger charge is 2.07. The van der Waals surface area contributed by atoms with Gasteiger partial charge >= 0.3 is 0 Å². The first-order chi connectivity index (χ1) is 5.69. The minimum Gasteiger partial charge on any atom is -0.326 e. The van der Waals surface area contributed by atoms with E-state index in [0.717, 1.165) is 6.07 Å². The molecule has 0 heterocycles. The van der Waals surface area contributed by atoms with Crippen LogP contribution in [-0.4, -0.2) is 0 Å². The van der Waals surface area contributed by atoms with Gasteiger partial charge in [-0.2, -0.15) is 0 Å². The van der Waals surface area contributed by atoms with Gasteiger partial charge in [-0.1, -0.05) is 6.92 Å². The summed E-state index contributed by atoms with van der Waals surface area (Å²) in [6.07, 6.45) is 0.483. The van der Waals surface area contributed by atoms with Crippen molar-refractivity contribution in [2.45, 2.75) is 19.9 Å². The minimum atomic E-state index is -0.422. The van der Waals surface area contributed by atoms with Crippen molar-refractivity contribution in [1.82, 2.24) is 0 Å². The summed E-state index contributed by atoms with van der Waals surface area (Å²) < 4.78 is 26.0. The van der Waals surface area contributed by atoms with E-state index in [4.69, 9.17) is 5.73 Å². The maximum Gasteiger partial charge on any atom is 0.131 e. The van der Waals surface area contributed by atoms with Crippen LogP contribution >= 0.6 is 0 Å². The standard InChI is InChI=1S/C9H11F2N/c1-2-6-3-8(10)4-7(5-12)9(6)11/h3-4H,2,5,12H2,1H3. The Labute approximate surface area is 70.2 Å². The molecule has 66 valence electrons. The van der Waals surface area contributed by atoms with E-state index in [1.165, 1.54) is 6.07 Å². The molecule has 0 radical (unpaired) electrons. The number of aryl methyl sites for hydroxylation is 1. The van der Waals surface area contributed by atoms with E-state index in [-0.39, 0.29) is 17.9 Å². The first-order valence-electron chi connectivity index (χ1n) is 3.86. The van der Waals surface area contributed by atoms with Gasteiger partial charge in [-0.15, -0.1) is 0 Å². The van der Waals surface area contributed by atoms with Crippen molar-refractivity contribution < 1.29 is 8.78 Å². The van der Waals surface area contributed by atoms with Crippen molar-refractivity contribution in [2.75, 3.05) is 0 Å². The second-order valence-corrected chi connectivity index (χ2v) is 2.60. The van der Waals surface area contributed by atoms with Crippen LogP contribution in [0, 0.1) is 11.6 Å². The summed E-state index contributed by atoms with van der Waals surface area (Å²) >= 11 is 0. The largest absolute Gasteiger partial charge is 0.326 e. The summed E-state index contributed by atoms with van der Waals surface area (Å²) in [5, 5.41) is 0. The molecule has 0 bridgehead atoms. The fraction of sp³-hybridized carbons (Fsp3) is 0.333. The Kier molecular flexibility index (Phi) is 2.76. The molecule has 0 aliphatic heterocycles. The van der Waals surface area contributed by atoms with Crippen LogP contribution in [0.3, 0.4) is 0 Å². The van der Waals surface area contributed by atoms with Crippen molar-refractivity contribution in [3.05, 3.63) is 34.9 Å². The van der Waals surface area contributed by atoms with Gasteiger partial charge in [0, 0.05) is 12.1 Å². The summed E-state index contributed by atoms with van der Waals surface area (Å²) in [6.45, 7) is 1.81. The maximum atomic E-state index is 13.2. The molecule has 1 aromatic carbocycles. The fourth-order valence-corrected chi connectivity index (χ4v) is 1.11. The molecular weight excluding hydrogens is 160 g/mol. The summed E-state index contributed by atoms with van der Waals surface area (Å²) in [5.74, 6) is -0.796. The van der Waals surface area contributed by atoms with Gasteiger partial charge in [-0.05, 0) is 24.1 Å². The van der Waals surface area contributed by atoms with Crippen LogP contribution in [0.2, 0.25) is 0 Å². The summed E-state index contributed by atoms with van der Waals surface area (Å²) in [4.78, 5) is 0. The Bertz CT molecular complexity index is 259. The molecule has 1 rings (SSSR count). The molecule has 0 saturated heterocycles. The van der Waals surface area contributed by atoms with Gasteiger partial charge in [0.05, 0.1) is 0 Å². The lowest BCUT2D eigenvalue weighted by Crippen LogP contribution is -2.03. The highest BCUT2D eigenvalue weighted by atomic mass is 19.1. The van der Waals surface area contributed by atoms with Crippen LogP contribution in [0.4, 0.5) is 8.78 Å². The molecule has 0 aliphatic rings. The molecule has 2 N–H and O–H groups in total. The molecule has 12 heavy (non-hydrogen) atoms. The van der Waals surface area contributed by atoms with E-state index in [9.17, 15) is 8.78 Å². The van der Waals surface area contributed by atoms with Crippen LogP contribution in [0.1, 0.15) is 18.1 Å². The lowest BCUT2D eigenvalue weighted by atomic mass is 10.1. The molecule has 0 atom stereocenters. The Morgan fingerprint density at radius 2 is 1.83 bits per heavy atom. The van der Waals surface area contributed by atoms with Crippen LogP contribution in [0.25, 0.3) is 0 Å². The number of halogens is 2. The van der Waals surface area contributed by atoms with Gasteiger partial charge in [0.15, 0.2) is 0 Å². The number of rotatable bonds is 2. The van der Waals surface area contributed by atoms with Crippen molar-refractivity contribution in [2.24, 2.45) is 5.73 Å². The second-order valence-electron chi connectivity index (χ2n) is 2.60. The molecule has 0 unspecified atom stereocenters. The molecular formula is C9H11F2N. The number of benzene rings is 1. The molecule has 3 heteroatoms. The van der Waals surface area contributed by atoms with Gasteiger partial charge in [-0.25, -0.2) is 8.78 Å². The highest BCUT2D eigenvalue weighted by Crippen LogP contribution is 2.15. The third-order valence-corrected chi connectivity index (χ3v) is 1.79. The van der Waals surface area contributed by atoms with Gasteiger partial charge in [0.1, 0.15) is 11.6 Å². The molecule has 0 aliphatic carbocycles. The third kappa shape index (κ3) is 1.61. The second kappa shape index (κ2) is 3.63. The molecule has 0 saturated carbocycles. The zero-order chi connectivity index (χ0) is 9.14. The SMILES string of the molecule is CCc1cc(F)cc(CN)c1F. The van der Waals surface area contributed by atoms with Crippen LogP contribution in [0.15, 0.2) is 12.1 Å². The summed E-state index contributed by atoms with van der Waals surface area (Å²) in [5.41, 5.74) is 5.86. The molecule has 1 nitrogen and oxygen atoms in total. The Morgan fingerprint density at radius 1 is 1.25 bits per heavy atom. The predicted molar refractivity (Wildman–Crippen MR) is 43.6 cm³/mol. The van der Waals surface area contributed by atoms with Crippen molar-refractivity contribution in [1.29, 1.82) is 0 Å². The van der Waals surface area contributed by atoms with E-state index in [1.807, 2.05) is 0 Å². The first-order valence-corrected chi connectivity index (χ1v) is 3.86. The van der Waals surface area contributed by atoms with Crippen LogP contribution in [0.5, 0.6) is 0 Å². The van der Waals surface area contributed by atoms with E-state index >= 15 is 0 Å². The van der Waals surface area contributed by atoms with Gasteiger partial charge in [-0.3, -0.25) is 0 Å². The monoisotopic (exact) mass is 171 g/mol. The van der Waals surface area contributed by atoms with Gasteiger partial charge in [0.25, 0.3) is 0 Å². The number of hydrogen-bond acceptors (Lipinski definition) is 1. The fourth-order valence-electron chi connectivity index (χ4n) is 1.11. The van der Waals surface area contributed by atoms with E-state index in [0.29, 0.717) is 12.0 Å². The quantitative estimate of drug-likeness (QED) is 0.723. The smallest absolute Gasteiger partial charge is 0.131 e. The first kappa shape index (κ1) is 9.13. The third-order valence-electron chi connectivity index (χ3n) is 1.79. The van der Waals surface area contributed by atoms with Crippen LogP contribution in [-0.2, 0) is 13.0 Å². The van der Waals surface area contributed by atoms with Crippen LogP contribution < -0.4 is 5.73 Å². The zero-order valence-corrected chi connectivity index (χ0v) is 6.90. The Hall–Kier alpha value is -0.960. The van der Waals surface area contributed by atoms with Gasteiger partial charge < -0.3 is 5.73 Å². The van der Waals surface area contributed by atoms with E-state index in [2.05, 4.69) is 0 Å². The molecule has 0 aromatic heterocycles. The molecule has 0 fully saturated rings. The topological polar surface area (TPSA) is 26.0 Å². The minimum absolute atomic E-state index is 0.0383. The Morgan fingerprint density at radius 3 is 2.33 bits per heavy atom. The average molecular weight is 171 g/mol. The lowest BCUT2D eigenvalue weighted by Gasteiger charge is -2.04. The van der Waals surface area contributed by atoms with E-state index in [1.54, 1.807) is 6.92 Å². The normalized spacial score (nSPS) is 10.3. The summed E-state index contributed by atoms with van der Waals surface area (Å²) in [6, 6.07) is 2.34. The predicted octanol–water partition coefficient (Wildman–Crippen LogP) is 1.99. The maximum absolute atomic E-state index is 13.2. The molecule has 1 aromatic rings. The number of hydrogen-bond donors (Lipinski definition) is 1. The zero-order valence-electron chi connectivity index (χ0n) is 6.90. The average Bonchev–Trinajstić information content (AvgIpc) is 2.08. The summed E-state index contributed by atoms with van der Waals surface area (Å²) in [7, 11) is 0. The van der Waals surface area contributed by atoms with Crippen molar-refractivity contribution in [3.8, 4) is 0 Å². The number of nitrogens with two attached hydrogens (primary N) is 1.